The lowest BCUT2D eigenvalue weighted by Crippen LogP contribution is -2.40. The first-order valence-electron chi connectivity index (χ1n) is 11.8. The van der Waals surface area contributed by atoms with Crippen molar-refractivity contribution < 1.29 is 23.1 Å². The Hall–Kier alpha value is -2.76. The first kappa shape index (κ1) is 23.4. The van der Waals surface area contributed by atoms with E-state index >= 15 is 0 Å². The third kappa shape index (κ3) is 4.66. The summed E-state index contributed by atoms with van der Waals surface area (Å²) < 4.78 is 31.9. The average molecular weight is 456 g/mol. The maximum absolute atomic E-state index is 13.2. The Morgan fingerprint density at radius 2 is 1.79 bits per heavy atom. The van der Waals surface area contributed by atoms with Crippen LogP contribution in [0, 0.1) is 5.92 Å². The molecule has 1 saturated carbocycles. The van der Waals surface area contributed by atoms with Gasteiger partial charge in [0.05, 0.1) is 12.6 Å². The fraction of sp³-hybridized carbons (Fsp3) is 0.481. The quantitative estimate of drug-likeness (QED) is 0.509. The van der Waals surface area contributed by atoms with Gasteiger partial charge >= 0.3 is 0 Å². The zero-order valence-corrected chi connectivity index (χ0v) is 19.2. The van der Waals surface area contributed by atoms with Crippen molar-refractivity contribution >= 4 is 11.8 Å². The van der Waals surface area contributed by atoms with Crippen molar-refractivity contribution in [1.82, 2.24) is 4.90 Å². The van der Waals surface area contributed by atoms with Crippen molar-refractivity contribution in [3.05, 3.63) is 65.2 Å². The van der Waals surface area contributed by atoms with Gasteiger partial charge in [0.2, 0.25) is 11.8 Å². The van der Waals surface area contributed by atoms with Gasteiger partial charge in [-0.05, 0) is 49.7 Å². The number of imide groups is 1. The first-order chi connectivity index (χ1) is 15.8. The number of carbonyl (C=O) groups excluding carboxylic acids is 2. The molecule has 0 bridgehead atoms. The molecule has 2 amide bonds. The van der Waals surface area contributed by atoms with Crippen LogP contribution in [-0.4, -0.2) is 23.3 Å². The van der Waals surface area contributed by atoms with Gasteiger partial charge in [0, 0.05) is 29.9 Å². The molecule has 33 heavy (non-hydrogen) atoms. The Bertz CT molecular complexity index is 1000. The van der Waals surface area contributed by atoms with Gasteiger partial charge in [-0.1, -0.05) is 49.4 Å². The molecular formula is C27H31F2NO3. The SMILES string of the molecule is CCC(c1ccccc1)N(C(C)=O)C(=O)CC1CCC2(CC1)COc1cc(C(F)F)ccc12. The number of ether oxygens (including phenoxy) is 1. The summed E-state index contributed by atoms with van der Waals surface area (Å²) in [7, 11) is 0. The number of rotatable bonds is 6. The second kappa shape index (κ2) is 9.62. The third-order valence-corrected chi connectivity index (χ3v) is 7.35. The zero-order chi connectivity index (χ0) is 23.6. The molecule has 1 fully saturated rings. The summed E-state index contributed by atoms with van der Waals surface area (Å²) in [5, 5.41) is 0. The minimum absolute atomic E-state index is 0.0155. The summed E-state index contributed by atoms with van der Waals surface area (Å²) >= 11 is 0. The Labute approximate surface area is 193 Å². The zero-order valence-electron chi connectivity index (χ0n) is 19.2. The van der Waals surface area contributed by atoms with E-state index in [-0.39, 0.29) is 34.8 Å². The van der Waals surface area contributed by atoms with E-state index in [1.54, 1.807) is 6.07 Å². The van der Waals surface area contributed by atoms with E-state index in [1.165, 1.54) is 24.0 Å². The predicted molar refractivity (Wildman–Crippen MR) is 122 cm³/mol. The fourth-order valence-electron chi connectivity index (χ4n) is 5.53. The van der Waals surface area contributed by atoms with Crippen LogP contribution in [0.15, 0.2) is 48.5 Å². The molecular weight excluding hydrogens is 424 g/mol. The first-order valence-corrected chi connectivity index (χ1v) is 11.8. The summed E-state index contributed by atoms with van der Waals surface area (Å²) in [6, 6.07) is 14.2. The minimum Gasteiger partial charge on any atom is -0.492 e. The lowest BCUT2D eigenvalue weighted by molar-refractivity contribution is -0.147. The summed E-state index contributed by atoms with van der Waals surface area (Å²) in [6.07, 6.45) is 1.89. The number of hydrogen-bond donors (Lipinski definition) is 0. The van der Waals surface area contributed by atoms with Crippen molar-refractivity contribution in [3.8, 4) is 5.75 Å². The van der Waals surface area contributed by atoms with Gasteiger partial charge in [-0.3, -0.25) is 14.5 Å². The van der Waals surface area contributed by atoms with Crippen LogP contribution in [0.25, 0.3) is 0 Å². The van der Waals surface area contributed by atoms with Crippen LogP contribution in [0.4, 0.5) is 8.78 Å². The van der Waals surface area contributed by atoms with E-state index in [0.717, 1.165) is 36.8 Å². The van der Waals surface area contributed by atoms with Gasteiger partial charge in [0.25, 0.3) is 6.43 Å². The summed E-state index contributed by atoms with van der Waals surface area (Å²) in [5.41, 5.74) is 1.80. The van der Waals surface area contributed by atoms with Gasteiger partial charge in [0.15, 0.2) is 0 Å². The lowest BCUT2D eigenvalue weighted by Gasteiger charge is -2.37. The maximum Gasteiger partial charge on any atom is 0.263 e. The Morgan fingerprint density at radius 3 is 2.39 bits per heavy atom. The highest BCUT2D eigenvalue weighted by Crippen LogP contribution is 2.50. The molecule has 2 aromatic carbocycles. The number of halogens is 2. The Balaban J connectivity index is 1.43. The van der Waals surface area contributed by atoms with Crippen LogP contribution in [0.1, 0.15) is 81.5 Å². The predicted octanol–water partition coefficient (Wildman–Crippen LogP) is 6.36. The van der Waals surface area contributed by atoms with E-state index in [2.05, 4.69) is 0 Å². The van der Waals surface area contributed by atoms with Crippen LogP contribution in [-0.2, 0) is 15.0 Å². The van der Waals surface area contributed by atoms with Crippen molar-refractivity contribution in [3.63, 3.8) is 0 Å². The van der Waals surface area contributed by atoms with E-state index in [4.69, 9.17) is 4.74 Å². The molecule has 0 aromatic heterocycles. The average Bonchev–Trinajstić information content (AvgIpc) is 3.16. The molecule has 1 unspecified atom stereocenters. The molecule has 6 heteroatoms. The van der Waals surface area contributed by atoms with Gasteiger partial charge in [-0.15, -0.1) is 0 Å². The van der Waals surface area contributed by atoms with E-state index in [1.807, 2.05) is 37.3 Å². The number of benzene rings is 2. The monoisotopic (exact) mass is 455 g/mol. The molecule has 2 aliphatic rings. The van der Waals surface area contributed by atoms with Crippen molar-refractivity contribution in [2.24, 2.45) is 5.92 Å². The largest absolute Gasteiger partial charge is 0.492 e. The lowest BCUT2D eigenvalue weighted by atomic mass is 9.67. The number of hydrogen-bond acceptors (Lipinski definition) is 3. The van der Waals surface area contributed by atoms with Crippen LogP contribution < -0.4 is 4.74 Å². The molecule has 2 aromatic rings. The molecule has 4 nitrogen and oxygen atoms in total. The minimum atomic E-state index is -2.51. The number of carbonyl (C=O) groups is 2. The van der Waals surface area contributed by atoms with Crippen LogP contribution in [0.3, 0.4) is 0 Å². The van der Waals surface area contributed by atoms with Gasteiger partial charge in [0.1, 0.15) is 5.75 Å². The molecule has 1 aliphatic heterocycles. The molecule has 0 radical (unpaired) electrons. The van der Waals surface area contributed by atoms with Crippen LogP contribution in [0.2, 0.25) is 0 Å². The summed E-state index contributed by atoms with van der Waals surface area (Å²) in [5.74, 6) is 0.418. The second-order valence-electron chi connectivity index (χ2n) is 9.39. The van der Waals surface area contributed by atoms with E-state index < -0.39 is 6.43 Å². The topological polar surface area (TPSA) is 46.6 Å². The molecule has 1 aliphatic carbocycles. The van der Waals surface area contributed by atoms with Gasteiger partial charge in [-0.25, -0.2) is 8.78 Å². The summed E-state index contributed by atoms with van der Waals surface area (Å²) in [6.45, 7) is 3.95. The number of alkyl halides is 2. The number of amides is 2. The van der Waals surface area contributed by atoms with Crippen molar-refractivity contribution in [2.75, 3.05) is 6.61 Å². The highest BCUT2D eigenvalue weighted by atomic mass is 19.3. The highest BCUT2D eigenvalue weighted by molar-refractivity contribution is 5.94. The van der Waals surface area contributed by atoms with E-state index in [9.17, 15) is 18.4 Å². The Morgan fingerprint density at radius 1 is 1.09 bits per heavy atom. The molecule has 4 rings (SSSR count). The Kier molecular flexibility index (Phi) is 6.82. The normalized spacial score (nSPS) is 22.6. The van der Waals surface area contributed by atoms with Crippen LogP contribution >= 0.6 is 0 Å². The number of fused-ring (bicyclic) bond motifs is 2. The van der Waals surface area contributed by atoms with Gasteiger partial charge < -0.3 is 4.74 Å². The fourth-order valence-corrected chi connectivity index (χ4v) is 5.53. The third-order valence-electron chi connectivity index (χ3n) is 7.35. The van der Waals surface area contributed by atoms with Crippen LogP contribution in [0.5, 0.6) is 5.75 Å². The van der Waals surface area contributed by atoms with Crippen molar-refractivity contribution in [1.29, 1.82) is 0 Å². The van der Waals surface area contributed by atoms with Gasteiger partial charge in [-0.2, -0.15) is 0 Å². The maximum atomic E-state index is 13.2. The summed E-state index contributed by atoms with van der Waals surface area (Å²) in [4.78, 5) is 27.1. The highest BCUT2D eigenvalue weighted by Gasteiger charge is 2.44. The number of nitrogens with zero attached hydrogens (tertiary/aromatic N) is 1. The second-order valence-corrected chi connectivity index (χ2v) is 9.39. The molecule has 1 spiro atoms. The molecule has 0 saturated heterocycles. The van der Waals surface area contributed by atoms with E-state index in [0.29, 0.717) is 25.2 Å². The smallest absolute Gasteiger partial charge is 0.263 e. The molecule has 1 heterocycles. The molecule has 1 atom stereocenters. The standard InChI is InChI=1S/C27H31F2NO3/c1-3-23(20-7-5-4-6-8-20)30(18(2)31)25(32)15-19-11-13-27(14-12-19)17-33-24-16-21(26(28)29)9-10-22(24)27/h4-10,16,19,23,26H,3,11-15,17H2,1-2H3. The molecule has 176 valence electrons. The van der Waals surface area contributed by atoms with Crippen molar-refractivity contribution in [2.45, 2.75) is 70.3 Å². The molecule has 0 N–H and O–H groups in total.